The summed E-state index contributed by atoms with van der Waals surface area (Å²) < 4.78 is 0. The first-order chi connectivity index (χ1) is 6.29. The molecule has 1 N–H and O–H groups in total. The number of carbonyl (C=O) groups excluding carboxylic acids is 1. The molecular formula is C9H18N2OS. The second-order valence-electron chi connectivity index (χ2n) is 3.23. The number of nitrogens with one attached hydrogen (secondary N) is 1. The highest BCUT2D eigenvalue weighted by molar-refractivity contribution is 7.99. The molecule has 0 saturated carbocycles. The standard InChI is InChI=1S/C9H18N2OS/c1-3-11(9(12)6-10-2)8-4-5-13-7-8/h8,10H,3-7H2,1-2H3. The van der Waals surface area contributed by atoms with Gasteiger partial charge in [0.2, 0.25) is 5.91 Å². The number of nitrogens with zero attached hydrogens (tertiary/aromatic N) is 1. The zero-order valence-electron chi connectivity index (χ0n) is 8.38. The molecule has 1 unspecified atom stereocenters. The van der Waals surface area contributed by atoms with Crippen molar-refractivity contribution < 1.29 is 4.79 Å². The van der Waals surface area contributed by atoms with Gasteiger partial charge in [0.1, 0.15) is 0 Å². The van der Waals surface area contributed by atoms with Gasteiger partial charge in [0.25, 0.3) is 0 Å². The van der Waals surface area contributed by atoms with Crippen molar-refractivity contribution in [3.63, 3.8) is 0 Å². The topological polar surface area (TPSA) is 32.3 Å². The fourth-order valence-corrected chi connectivity index (χ4v) is 2.88. The lowest BCUT2D eigenvalue weighted by Crippen LogP contribution is -2.44. The highest BCUT2D eigenvalue weighted by atomic mass is 32.2. The molecule has 1 heterocycles. The van der Waals surface area contributed by atoms with Crippen LogP contribution in [0.5, 0.6) is 0 Å². The Labute approximate surface area is 84.2 Å². The molecule has 1 aliphatic rings. The van der Waals surface area contributed by atoms with E-state index in [-0.39, 0.29) is 5.91 Å². The molecule has 1 fully saturated rings. The van der Waals surface area contributed by atoms with E-state index in [4.69, 9.17) is 0 Å². The van der Waals surface area contributed by atoms with Crippen molar-refractivity contribution in [1.29, 1.82) is 0 Å². The predicted molar refractivity (Wildman–Crippen MR) is 57.0 cm³/mol. The normalized spacial score (nSPS) is 21.8. The van der Waals surface area contributed by atoms with Crippen LogP contribution >= 0.6 is 11.8 Å². The third kappa shape index (κ3) is 2.88. The van der Waals surface area contributed by atoms with Gasteiger partial charge in [-0.25, -0.2) is 0 Å². The summed E-state index contributed by atoms with van der Waals surface area (Å²) in [6, 6.07) is 0.482. The zero-order valence-corrected chi connectivity index (χ0v) is 9.19. The molecule has 1 atom stereocenters. The maximum atomic E-state index is 11.6. The molecule has 1 aliphatic heterocycles. The molecule has 0 radical (unpaired) electrons. The summed E-state index contributed by atoms with van der Waals surface area (Å²) in [7, 11) is 1.81. The van der Waals surface area contributed by atoms with Crippen molar-refractivity contribution in [2.45, 2.75) is 19.4 Å². The molecule has 76 valence electrons. The molecule has 0 aromatic heterocycles. The van der Waals surface area contributed by atoms with Crippen molar-refractivity contribution in [3.8, 4) is 0 Å². The molecule has 0 aliphatic carbocycles. The largest absolute Gasteiger partial charge is 0.338 e. The summed E-state index contributed by atoms with van der Waals surface area (Å²) in [6.07, 6.45) is 1.16. The average molecular weight is 202 g/mol. The monoisotopic (exact) mass is 202 g/mol. The van der Waals surface area contributed by atoms with Gasteiger partial charge < -0.3 is 10.2 Å². The first-order valence-corrected chi connectivity index (χ1v) is 5.96. The molecule has 1 amide bonds. The molecule has 0 bridgehead atoms. The van der Waals surface area contributed by atoms with Crippen LogP contribution in [-0.2, 0) is 4.79 Å². The minimum atomic E-state index is 0.234. The van der Waals surface area contributed by atoms with Gasteiger partial charge >= 0.3 is 0 Å². The van der Waals surface area contributed by atoms with Gasteiger partial charge in [0, 0.05) is 18.3 Å². The van der Waals surface area contributed by atoms with E-state index in [0.717, 1.165) is 18.7 Å². The maximum Gasteiger partial charge on any atom is 0.236 e. The molecule has 1 saturated heterocycles. The highest BCUT2D eigenvalue weighted by Gasteiger charge is 2.24. The second kappa shape index (κ2) is 5.50. The number of carbonyl (C=O) groups is 1. The van der Waals surface area contributed by atoms with Crippen molar-refractivity contribution in [1.82, 2.24) is 10.2 Å². The lowest BCUT2D eigenvalue weighted by atomic mass is 10.2. The van der Waals surface area contributed by atoms with Gasteiger partial charge in [-0.3, -0.25) is 4.79 Å². The smallest absolute Gasteiger partial charge is 0.236 e. The molecule has 0 aromatic carbocycles. The molecular weight excluding hydrogens is 184 g/mol. The number of rotatable bonds is 4. The summed E-state index contributed by atoms with van der Waals surface area (Å²) in [4.78, 5) is 13.6. The van der Waals surface area contributed by atoms with E-state index in [2.05, 4.69) is 12.2 Å². The van der Waals surface area contributed by atoms with Crippen LogP contribution in [0.15, 0.2) is 0 Å². The minimum absolute atomic E-state index is 0.234. The van der Waals surface area contributed by atoms with Crippen LogP contribution in [0.4, 0.5) is 0 Å². The zero-order chi connectivity index (χ0) is 9.68. The molecule has 1 rings (SSSR count). The van der Waals surface area contributed by atoms with Gasteiger partial charge in [-0.15, -0.1) is 0 Å². The summed E-state index contributed by atoms with van der Waals surface area (Å²) in [5.41, 5.74) is 0. The highest BCUT2D eigenvalue weighted by Crippen LogP contribution is 2.22. The van der Waals surface area contributed by atoms with Crippen molar-refractivity contribution in [3.05, 3.63) is 0 Å². The molecule has 3 nitrogen and oxygen atoms in total. The third-order valence-corrected chi connectivity index (χ3v) is 3.48. The van der Waals surface area contributed by atoms with Crippen molar-refractivity contribution >= 4 is 17.7 Å². The summed E-state index contributed by atoms with van der Waals surface area (Å²) >= 11 is 1.95. The fraction of sp³-hybridized carbons (Fsp3) is 0.889. The van der Waals surface area contributed by atoms with Crippen LogP contribution in [-0.4, -0.2) is 48.5 Å². The van der Waals surface area contributed by atoms with Gasteiger partial charge in [0.05, 0.1) is 6.54 Å². The Hall–Kier alpha value is -0.220. The van der Waals surface area contributed by atoms with Crippen molar-refractivity contribution in [2.75, 3.05) is 31.6 Å². The first-order valence-electron chi connectivity index (χ1n) is 4.81. The number of hydrogen-bond donors (Lipinski definition) is 1. The van der Waals surface area contributed by atoms with Gasteiger partial charge in [-0.05, 0) is 26.1 Å². The van der Waals surface area contributed by atoms with E-state index in [1.54, 1.807) is 0 Å². The lowest BCUT2D eigenvalue weighted by molar-refractivity contribution is -0.131. The third-order valence-electron chi connectivity index (χ3n) is 2.34. The Morgan fingerprint density at radius 1 is 1.69 bits per heavy atom. The Bertz CT molecular complexity index is 169. The quantitative estimate of drug-likeness (QED) is 0.723. The van der Waals surface area contributed by atoms with E-state index in [0.29, 0.717) is 12.6 Å². The van der Waals surface area contributed by atoms with Crippen LogP contribution in [0.2, 0.25) is 0 Å². The molecule has 0 aromatic rings. The van der Waals surface area contributed by atoms with E-state index in [1.165, 1.54) is 5.75 Å². The Kier molecular flexibility index (Phi) is 4.59. The SMILES string of the molecule is CCN(C(=O)CNC)C1CCSC1. The fourth-order valence-electron chi connectivity index (χ4n) is 1.66. The molecule has 4 heteroatoms. The first kappa shape index (κ1) is 10.9. The Balaban J connectivity index is 2.44. The number of hydrogen-bond acceptors (Lipinski definition) is 3. The van der Waals surface area contributed by atoms with Gasteiger partial charge in [0.15, 0.2) is 0 Å². The van der Waals surface area contributed by atoms with E-state index < -0.39 is 0 Å². The van der Waals surface area contributed by atoms with Crippen LogP contribution in [0.3, 0.4) is 0 Å². The van der Waals surface area contributed by atoms with Crippen LogP contribution < -0.4 is 5.32 Å². The lowest BCUT2D eigenvalue weighted by Gasteiger charge is -2.27. The van der Waals surface area contributed by atoms with E-state index in [9.17, 15) is 4.79 Å². The number of likely N-dealkylation sites (N-methyl/N-ethyl adjacent to an activating group) is 2. The number of thioether (sulfide) groups is 1. The summed E-state index contributed by atoms with van der Waals surface area (Å²) in [6.45, 7) is 3.36. The Morgan fingerprint density at radius 3 is 2.92 bits per heavy atom. The van der Waals surface area contributed by atoms with Crippen LogP contribution in [0, 0.1) is 0 Å². The average Bonchev–Trinajstić information content (AvgIpc) is 2.59. The Morgan fingerprint density at radius 2 is 2.46 bits per heavy atom. The maximum absolute atomic E-state index is 11.6. The summed E-state index contributed by atoms with van der Waals surface area (Å²) in [5.74, 6) is 2.55. The molecule has 13 heavy (non-hydrogen) atoms. The predicted octanol–water partition coefficient (Wildman–Crippen LogP) is 0.560. The summed E-state index contributed by atoms with van der Waals surface area (Å²) in [5, 5.41) is 2.91. The number of amides is 1. The van der Waals surface area contributed by atoms with Crippen LogP contribution in [0.25, 0.3) is 0 Å². The second-order valence-corrected chi connectivity index (χ2v) is 4.38. The van der Waals surface area contributed by atoms with Gasteiger partial charge in [-0.2, -0.15) is 11.8 Å². The van der Waals surface area contributed by atoms with Crippen molar-refractivity contribution in [2.24, 2.45) is 0 Å². The minimum Gasteiger partial charge on any atom is -0.338 e. The van der Waals surface area contributed by atoms with Crippen LogP contribution in [0.1, 0.15) is 13.3 Å². The molecule has 0 spiro atoms. The van der Waals surface area contributed by atoms with Gasteiger partial charge in [-0.1, -0.05) is 0 Å². The van der Waals surface area contributed by atoms with E-state index >= 15 is 0 Å². The van der Waals surface area contributed by atoms with E-state index in [1.807, 2.05) is 23.7 Å².